The average molecular weight is 287 g/mol. The van der Waals surface area contributed by atoms with Gasteiger partial charge >= 0.3 is 0 Å². The predicted molar refractivity (Wildman–Crippen MR) is 82.4 cm³/mol. The summed E-state index contributed by atoms with van der Waals surface area (Å²) in [6, 6.07) is 5.54. The molecule has 0 bridgehead atoms. The van der Waals surface area contributed by atoms with Crippen molar-refractivity contribution in [1.29, 1.82) is 5.41 Å². The Bertz CT molecular complexity index is 635. The Hall–Kier alpha value is -2.34. The Labute approximate surface area is 124 Å². The molecule has 3 N–H and O–H groups in total. The van der Waals surface area contributed by atoms with E-state index in [1.54, 1.807) is 19.4 Å². The van der Waals surface area contributed by atoms with Crippen LogP contribution < -0.4 is 10.5 Å². The van der Waals surface area contributed by atoms with E-state index >= 15 is 0 Å². The summed E-state index contributed by atoms with van der Waals surface area (Å²) in [4.78, 5) is 6.46. The minimum atomic E-state index is 0.0608. The van der Waals surface area contributed by atoms with Crippen LogP contribution >= 0.6 is 0 Å². The highest BCUT2D eigenvalue weighted by Gasteiger charge is 2.10. The van der Waals surface area contributed by atoms with Crippen molar-refractivity contribution in [2.45, 2.75) is 13.1 Å². The van der Waals surface area contributed by atoms with Crippen molar-refractivity contribution >= 4 is 5.84 Å². The molecule has 0 spiro atoms. The number of ether oxygens (including phenoxy) is 1. The zero-order chi connectivity index (χ0) is 15.4. The van der Waals surface area contributed by atoms with Crippen LogP contribution in [0.1, 0.15) is 17.0 Å². The topological polar surface area (TPSA) is 80.2 Å². The lowest BCUT2D eigenvalue weighted by Gasteiger charge is -2.18. The standard InChI is InChI=1S/C15H21N5O/c1-19(10-14-18-6-7-20(14)2)9-12-8-11(15(16)17)4-5-13(12)21-3/h4-8H,9-10H2,1-3H3,(H3,16,17). The first-order valence-electron chi connectivity index (χ1n) is 6.67. The lowest BCUT2D eigenvalue weighted by Crippen LogP contribution is -2.20. The highest BCUT2D eigenvalue weighted by Crippen LogP contribution is 2.21. The Morgan fingerprint density at radius 1 is 1.43 bits per heavy atom. The summed E-state index contributed by atoms with van der Waals surface area (Å²) < 4.78 is 7.38. The van der Waals surface area contributed by atoms with Gasteiger partial charge in [0, 0.05) is 37.1 Å². The second-order valence-corrected chi connectivity index (χ2v) is 5.07. The van der Waals surface area contributed by atoms with Crippen LogP contribution in [-0.2, 0) is 20.1 Å². The van der Waals surface area contributed by atoms with E-state index in [1.165, 1.54) is 0 Å². The van der Waals surface area contributed by atoms with Gasteiger partial charge in [-0.05, 0) is 25.2 Å². The van der Waals surface area contributed by atoms with E-state index in [0.717, 1.165) is 23.7 Å². The van der Waals surface area contributed by atoms with E-state index in [2.05, 4.69) is 9.88 Å². The quantitative estimate of drug-likeness (QED) is 0.621. The van der Waals surface area contributed by atoms with Gasteiger partial charge in [0.25, 0.3) is 0 Å². The van der Waals surface area contributed by atoms with Crippen molar-refractivity contribution in [3.05, 3.63) is 47.5 Å². The number of methoxy groups -OCH3 is 1. The van der Waals surface area contributed by atoms with Crippen LogP contribution in [0.25, 0.3) is 0 Å². The molecule has 0 atom stereocenters. The number of benzene rings is 1. The number of amidine groups is 1. The van der Waals surface area contributed by atoms with Crippen molar-refractivity contribution in [3.8, 4) is 5.75 Å². The van der Waals surface area contributed by atoms with Gasteiger partial charge in [0.1, 0.15) is 17.4 Å². The average Bonchev–Trinajstić information content (AvgIpc) is 2.84. The molecule has 0 saturated heterocycles. The molecular formula is C15H21N5O. The zero-order valence-corrected chi connectivity index (χ0v) is 12.6. The van der Waals surface area contributed by atoms with Crippen LogP contribution in [0.2, 0.25) is 0 Å². The number of imidazole rings is 1. The second-order valence-electron chi connectivity index (χ2n) is 5.07. The van der Waals surface area contributed by atoms with Gasteiger partial charge in [0.2, 0.25) is 0 Å². The molecule has 112 valence electrons. The number of nitrogens with one attached hydrogen (secondary N) is 1. The maximum absolute atomic E-state index is 7.54. The van der Waals surface area contributed by atoms with E-state index in [9.17, 15) is 0 Å². The van der Waals surface area contributed by atoms with Gasteiger partial charge in [-0.15, -0.1) is 0 Å². The van der Waals surface area contributed by atoms with Crippen LogP contribution in [0.3, 0.4) is 0 Å². The molecule has 0 fully saturated rings. The van der Waals surface area contributed by atoms with Crippen molar-refractivity contribution in [2.24, 2.45) is 12.8 Å². The van der Waals surface area contributed by atoms with Crippen LogP contribution in [0.4, 0.5) is 0 Å². The number of nitrogens with zero attached hydrogens (tertiary/aromatic N) is 3. The number of hydrogen-bond acceptors (Lipinski definition) is 4. The van der Waals surface area contributed by atoms with Crippen molar-refractivity contribution in [1.82, 2.24) is 14.5 Å². The molecule has 0 aliphatic heterocycles. The summed E-state index contributed by atoms with van der Waals surface area (Å²) in [5.41, 5.74) is 7.26. The number of nitrogens with two attached hydrogens (primary N) is 1. The molecule has 2 aromatic rings. The highest BCUT2D eigenvalue weighted by molar-refractivity contribution is 5.95. The molecular weight excluding hydrogens is 266 g/mol. The normalized spacial score (nSPS) is 10.9. The second kappa shape index (κ2) is 6.41. The molecule has 6 nitrogen and oxygen atoms in total. The molecule has 2 rings (SSSR count). The minimum absolute atomic E-state index is 0.0608. The maximum Gasteiger partial charge on any atom is 0.123 e. The number of rotatable bonds is 6. The van der Waals surface area contributed by atoms with Gasteiger partial charge < -0.3 is 15.0 Å². The third-order valence-corrected chi connectivity index (χ3v) is 3.36. The zero-order valence-electron chi connectivity index (χ0n) is 12.6. The molecule has 0 amide bonds. The molecule has 1 heterocycles. The summed E-state index contributed by atoms with van der Waals surface area (Å²) >= 11 is 0. The number of nitrogen functional groups attached to an aromatic ring is 1. The first-order valence-corrected chi connectivity index (χ1v) is 6.67. The first-order chi connectivity index (χ1) is 10.0. The number of aryl methyl sites for hydroxylation is 1. The van der Waals surface area contributed by atoms with Crippen LogP contribution in [0.5, 0.6) is 5.75 Å². The monoisotopic (exact) mass is 287 g/mol. The van der Waals surface area contributed by atoms with Crippen LogP contribution in [0.15, 0.2) is 30.6 Å². The fourth-order valence-electron chi connectivity index (χ4n) is 2.21. The Morgan fingerprint density at radius 3 is 2.76 bits per heavy atom. The van der Waals surface area contributed by atoms with E-state index in [1.807, 2.05) is 37.0 Å². The van der Waals surface area contributed by atoms with E-state index < -0.39 is 0 Å². The fraction of sp³-hybridized carbons (Fsp3) is 0.333. The Balaban J connectivity index is 2.15. The van der Waals surface area contributed by atoms with Crippen LogP contribution in [0, 0.1) is 5.41 Å². The summed E-state index contributed by atoms with van der Waals surface area (Å²) in [7, 11) is 5.65. The van der Waals surface area contributed by atoms with Crippen molar-refractivity contribution in [2.75, 3.05) is 14.2 Å². The maximum atomic E-state index is 7.54. The van der Waals surface area contributed by atoms with Gasteiger partial charge in [0.15, 0.2) is 0 Å². The van der Waals surface area contributed by atoms with Gasteiger partial charge in [0.05, 0.1) is 13.7 Å². The summed E-state index contributed by atoms with van der Waals surface area (Å²) in [6.07, 6.45) is 3.72. The molecule has 0 aliphatic carbocycles. The first kappa shape index (κ1) is 15.1. The fourth-order valence-corrected chi connectivity index (χ4v) is 2.21. The summed E-state index contributed by atoms with van der Waals surface area (Å²) in [6.45, 7) is 1.42. The molecule has 0 unspecified atom stereocenters. The van der Waals surface area contributed by atoms with E-state index in [0.29, 0.717) is 12.1 Å². The van der Waals surface area contributed by atoms with Crippen LogP contribution in [-0.4, -0.2) is 34.4 Å². The number of aromatic nitrogens is 2. The molecule has 1 aromatic heterocycles. The summed E-state index contributed by atoms with van der Waals surface area (Å²) in [5, 5.41) is 7.54. The lowest BCUT2D eigenvalue weighted by molar-refractivity contribution is 0.299. The van der Waals surface area contributed by atoms with Gasteiger partial charge in [-0.3, -0.25) is 10.3 Å². The van der Waals surface area contributed by atoms with E-state index in [-0.39, 0.29) is 5.84 Å². The molecule has 0 radical (unpaired) electrons. The number of hydrogen-bond donors (Lipinski definition) is 2. The molecule has 1 aromatic carbocycles. The van der Waals surface area contributed by atoms with Gasteiger partial charge in [-0.25, -0.2) is 4.98 Å². The SMILES string of the molecule is COc1ccc(C(=N)N)cc1CN(C)Cc1nccn1C. The Kier molecular flexibility index (Phi) is 4.59. The molecule has 21 heavy (non-hydrogen) atoms. The van der Waals surface area contributed by atoms with Gasteiger partial charge in [-0.2, -0.15) is 0 Å². The Morgan fingerprint density at radius 2 is 2.19 bits per heavy atom. The third kappa shape index (κ3) is 3.61. The molecule has 0 saturated carbocycles. The van der Waals surface area contributed by atoms with E-state index in [4.69, 9.17) is 15.9 Å². The largest absolute Gasteiger partial charge is 0.496 e. The van der Waals surface area contributed by atoms with Crippen molar-refractivity contribution < 1.29 is 4.74 Å². The summed E-state index contributed by atoms with van der Waals surface area (Å²) in [5.74, 6) is 1.86. The lowest BCUT2D eigenvalue weighted by atomic mass is 10.1. The smallest absolute Gasteiger partial charge is 0.123 e. The third-order valence-electron chi connectivity index (χ3n) is 3.36. The van der Waals surface area contributed by atoms with Crippen molar-refractivity contribution in [3.63, 3.8) is 0 Å². The molecule has 0 aliphatic rings. The highest BCUT2D eigenvalue weighted by atomic mass is 16.5. The van der Waals surface area contributed by atoms with Gasteiger partial charge in [-0.1, -0.05) is 0 Å². The predicted octanol–water partition coefficient (Wildman–Crippen LogP) is 1.34. The minimum Gasteiger partial charge on any atom is -0.496 e. The molecule has 6 heteroatoms.